The largest absolute Gasteiger partial charge is 0.271 e. The number of rotatable bonds is 9. The number of unbranched alkanes of at least 4 members (excludes halogenated alkanes) is 4. The van der Waals surface area contributed by atoms with Gasteiger partial charge in [-0.1, -0.05) is 69.4 Å². The molecule has 0 fully saturated rings. The van der Waals surface area contributed by atoms with Crippen LogP contribution in [0.4, 0.5) is 0 Å². The van der Waals surface area contributed by atoms with Crippen LogP contribution in [0, 0.1) is 0 Å². The maximum absolute atomic E-state index is 5.61. The van der Waals surface area contributed by atoms with E-state index in [1.165, 1.54) is 44.1 Å². The van der Waals surface area contributed by atoms with Crippen LogP contribution in [0.3, 0.4) is 0 Å². The molecule has 0 aliphatic heterocycles. The Hall–Kier alpha value is -0.860. The van der Waals surface area contributed by atoms with Crippen LogP contribution in [0.25, 0.3) is 0 Å². The highest BCUT2D eigenvalue weighted by molar-refractivity contribution is 5.15. The van der Waals surface area contributed by atoms with Gasteiger partial charge in [-0.3, -0.25) is 11.3 Å². The third kappa shape index (κ3) is 6.44. The second kappa shape index (κ2) is 9.20. The third-order valence-corrected chi connectivity index (χ3v) is 3.22. The molecule has 0 radical (unpaired) electrons. The van der Waals surface area contributed by atoms with E-state index in [4.69, 9.17) is 5.84 Å². The van der Waals surface area contributed by atoms with Crippen LogP contribution in [0.2, 0.25) is 0 Å². The first-order valence-electron chi connectivity index (χ1n) is 6.87. The summed E-state index contributed by atoms with van der Waals surface area (Å²) in [4.78, 5) is 0. The topological polar surface area (TPSA) is 38.0 Å². The van der Waals surface area contributed by atoms with Crippen LogP contribution in [-0.2, 0) is 6.42 Å². The van der Waals surface area contributed by atoms with E-state index in [1.807, 2.05) is 0 Å². The van der Waals surface area contributed by atoms with E-state index < -0.39 is 0 Å². The molecule has 1 rings (SSSR count). The molecule has 2 heteroatoms. The van der Waals surface area contributed by atoms with Crippen molar-refractivity contribution in [1.82, 2.24) is 5.43 Å². The van der Waals surface area contributed by atoms with Crippen molar-refractivity contribution in [3.63, 3.8) is 0 Å². The van der Waals surface area contributed by atoms with E-state index in [-0.39, 0.29) is 0 Å². The standard InChI is InChI=1S/C15H26N2/c1-2-3-4-5-9-12-15(17-16)13-14-10-7-6-8-11-14/h6-8,10-11,15,17H,2-5,9,12-13,16H2,1H3. The molecule has 0 bridgehead atoms. The molecular formula is C15H26N2. The van der Waals surface area contributed by atoms with Crippen LogP contribution in [0.1, 0.15) is 51.0 Å². The molecule has 0 aromatic heterocycles. The van der Waals surface area contributed by atoms with E-state index in [0.717, 1.165) is 6.42 Å². The zero-order valence-corrected chi connectivity index (χ0v) is 11.0. The monoisotopic (exact) mass is 234 g/mol. The van der Waals surface area contributed by atoms with Crippen LogP contribution in [0.5, 0.6) is 0 Å². The van der Waals surface area contributed by atoms with Crippen molar-refractivity contribution >= 4 is 0 Å². The van der Waals surface area contributed by atoms with Gasteiger partial charge >= 0.3 is 0 Å². The summed E-state index contributed by atoms with van der Waals surface area (Å²) in [6, 6.07) is 11.0. The number of hydrazine groups is 1. The lowest BCUT2D eigenvalue weighted by molar-refractivity contribution is 0.461. The first-order valence-corrected chi connectivity index (χ1v) is 6.87. The molecule has 17 heavy (non-hydrogen) atoms. The molecular weight excluding hydrogens is 208 g/mol. The van der Waals surface area contributed by atoms with Gasteiger partial charge in [-0.25, -0.2) is 0 Å². The van der Waals surface area contributed by atoms with E-state index in [0.29, 0.717) is 6.04 Å². The lowest BCUT2D eigenvalue weighted by Gasteiger charge is -2.15. The molecule has 0 amide bonds. The summed E-state index contributed by atoms with van der Waals surface area (Å²) in [7, 11) is 0. The minimum absolute atomic E-state index is 0.416. The van der Waals surface area contributed by atoms with Gasteiger partial charge in [-0.2, -0.15) is 0 Å². The number of benzene rings is 1. The molecule has 0 saturated carbocycles. The maximum Gasteiger partial charge on any atom is 0.0250 e. The first-order chi connectivity index (χ1) is 8.36. The van der Waals surface area contributed by atoms with Gasteiger partial charge < -0.3 is 0 Å². The second-order valence-electron chi connectivity index (χ2n) is 4.76. The second-order valence-corrected chi connectivity index (χ2v) is 4.76. The average molecular weight is 234 g/mol. The summed E-state index contributed by atoms with van der Waals surface area (Å²) >= 11 is 0. The van der Waals surface area contributed by atoms with Crippen LogP contribution >= 0.6 is 0 Å². The van der Waals surface area contributed by atoms with Gasteiger partial charge in [0, 0.05) is 6.04 Å². The van der Waals surface area contributed by atoms with Crippen LogP contribution in [0.15, 0.2) is 30.3 Å². The Morgan fingerprint density at radius 3 is 2.41 bits per heavy atom. The minimum atomic E-state index is 0.416. The van der Waals surface area contributed by atoms with Gasteiger partial charge in [0.2, 0.25) is 0 Å². The average Bonchev–Trinajstić information content (AvgIpc) is 2.38. The molecule has 0 saturated heterocycles. The Kier molecular flexibility index (Phi) is 7.69. The first kappa shape index (κ1) is 14.2. The van der Waals surface area contributed by atoms with Gasteiger partial charge in [0.05, 0.1) is 0 Å². The zero-order valence-electron chi connectivity index (χ0n) is 11.0. The van der Waals surface area contributed by atoms with Gasteiger partial charge in [0.25, 0.3) is 0 Å². The zero-order chi connectivity index (χ0) is 12.3. The maximum atomic E-state index is 5.61. The number of hydrogen-bond donors (Lipinski definition) is 2. The fraction of sp³-hybridized carbons (Fsp3) is 0.600. The fourth-order valence-corrected chi connectivity index (χ4v) is 2.14. The molecule has 1 unspecified atom stereocenters. The van der Waals surface area contributed by atoms with E-state index in [1.54, 1.807) is 0 Å². The molecule has 1 atom stereocenters. The Balaban J connectivity index is 2.20. The molecule has 3 N–H and O–H groups in total. The predicted octanol–water partition coefficient (Wildman–Crippen LogP) is 3.42. The fourth-order valence-electron chi connectivity index (χ4n) is 2.14. The van der Waals surface area contributed by atoms with Crippen LogP contribution < -0.4 is 11.3 Å². The highest BCUT2D eigenvalue weighted by Crippen LogP contribution is 2.10. The summed E-state index contributed by atoms with van der Waals surface area (Å²) in [5, 5.41) is 0. The summed E-state index contributed by atoms with van der Waals surface area (Å²) < 4.78 is 0. The SMILES string of the molecule is CCCCCCCC(Cc1ccccc1)NN. The minimum Gasteiger partial charge on any atom is -0.271 e. The molecule has 0 aliphatic rings. The van der Waals surface area contributed by atoms with Crippen molar-refractivity contribution < 1.29 is 0 Å². The van der Waals surface area contributed by atoms with Crippen molar-refractivity contribution in [2.75, 3.05) is 0 Å². The highest BCUT2D eigenvalue weighted by Gasteiger charge is 2.06. The Morgan fingerprint density at radius 2 is 1.76 bits per heavy atom. The van der Waals surface area contributed by atoms with E-state index in [2.05, 4.69) is 42.7 Å². The quantitative estimate of drug-likeness (QED) is 0.390. The van der Waals surface area contributed by atoms with Gasteiger partial charge in [-0.05, 0) is 18.4 Å². The molecule has 2 nitrogen and oxygen atoms in total. The van der Waals surface area contributed by atoms with Crippen molar-refractivity contribution in [2.24, 2.45) is 5.84 Å². The lowest BCUT2D eigenvalue weighted by atomic mass is 10.0. The molecule has 0 aliphatic carbocycles. The predicted molar refractivity (Wildman–Crippen MR) is 74.6 cm³/mol. The summed E-state index contributed by atoms with van der Waals surface area (Å²) in [6.07, 6.45) is 8.85. The highest BCUT2D eigenvalue weighted by atomic mass is 15.2. The van der Waals surface area contributed by atoms with Crippen molar-refractivity contribution in [2.45, 2.75) is 57.9 Å². The van der Waals surface area contributed by atoms with Gasteiger partial charge in [-0.15, -0.1) is 0 Å². The Labute approximate surface area is 106 Å². The molecule has 0 heterocycles. The number of nitrogens with one attached hydrogen (secondary N) is 1. The van der Waals surface area contributed by atoms with Crippen molar-refractivity contribution in [1.29, 1.82) is 0 Å². The number of hydrogen-bond acceptors (Lipinski definition) is 2. The summed E-state index contributed by atoms with van der Waals surface area (Å²) in [5.41, 5.74) is 4.31. The smallest absolute Gasteiger partial charge is 0.0250 e. The van der Waals surface area contributed by atoms with Crippen molar-refractivity contribution in [3.05, 3.63) is 35.9 Å². The lowest BCUT2D eigenvalue weighted by Crippen LogP contribution is -2.36. The van der Waals surface area contributed by atoms with E-state index >= 15 is 0 Å². The summed E-state index contributed by atoms with van der Waals surface area (Å²) in [6.45, 7) is 2.25. The van der Waals surface area contributed by atoms with Gasteiger partial charge in [0.15, 0.2) is 0 Å². The molecule has 96 valence electrons. The van der Waals surface area contributed by atoms with Crippen molar-refractivity contribution in [3.8, 4) is 0 Å². The third-order valence-electron chi connectivity index (χ3n) is 3.22. The summed E-state index contributed by atoms with van der Waals surface area (Å²) in [5.74, 6) is 5.61. The molecule has 0 spiro atoms. The van der Waals surface area contributed by atoms with Gasteiger partial charge in [0.1, 0.15) is 0 Å². The number of nitrogens with two attached hydrogens (primary N) is 1. The Morgan fingerprint density at radius 1 is 1.06 bits per heavy atom. The van der Waals surface area contributed by atoms with E-state index in [9.17, 15) is 0 Å². The molecule has 1 aromatic carbocycles. The Bertz CT molecular complexity index is 272. The molecule has 1 aromatic rings. The normalized spacial score (nSPS) is 12.6. The van der Waals surface area contributed by atoms with Crippen LogP contribution in [-0.4, -0.2) is 6.04 Å².